The summed E-state index contributed by atoms with van der Waals surface area (Å²) in [5.41, 5.74) is 7.10. The number of hydrogen-bond donors (Lipinski definition) is 0. The molecule has 1 aliphatic carbocycles. The smallest absolute Gasteiger partial charge is 0.0257 e. The molecule has 96 valence electrons. The summed E-state index contributed by atoms with van der Waals surface area (Å²) >= 11 is 3.72. The molecule has 0 amide bonds. The molecule has 0 radical (unpaired) electrons. The van der Waals surface area contributed by atoms with Gasteiger partial charge in [-0.25, -0.2) is 0 Å². The first-order chi connectivity index (χ1) is 9.29. The van der Waals surface area contributed by atoms with Crippen molar-refractivity contribution in [1.29, 1.82) is 0 Å². The highest BCUT2D eigenvalue weighted by molar-refractivity contribution is 9.10. The lowest BCUT2D eigenvalue weighted by molar-refractivity contribution is 0.886. The van der Waals surface area contributed by atoms with Crippen molar-refractivity contribution in [1.82, 2.24) is 0 Å². The predicted molar refractivity (Wildman–Crippen MR) is 86.2 cm³/mol. The number of fused-ring (bicyclic) bond motifs is 1. The lowest BCUT2D eigenvalue weighted by atomic mass is 9.95. The van der Waals surface area contributed by atoms with Gasteiger partial charge in [0.2, 0.25) is 0 Å². The number of allylic oxidation sites excluding steroid dienone is 1. The molecule has 1 heteroatoms. The van der Waals surface area contributed by atoms with E-state index in [0.29, 0.717) is 0 Å². The summed E-state index contributed by atoms with van der Waals surface area (Å²) in [6.45, 7) is 2.25. The van der Waals surface area contributed by atoms with Crippen LogP contribution >= 0.6 is 15.9 Å². The average molecular weight is 313 g/mol. The fraction of sp³-hybridized carbons (Fsp3) is 0.222. The molecule has 0 aromatic heterocycles. The molecule has 3 rings (SSSR count). The van der Waals surface area contributed by atoms with E-state index in [1.54, 1.807) is 5.57 Å². The van der Waals surface area contributed by atoms with Crippen LogP contribution in [0.1, 0.15) is 30.9 Å². The van der Waals surface area contributed by atoms with Crippen molar-refractivity contribution in [3.63, 3.8) is 0 Å². The average Bonchev–Trinajstić information content (AvgIpc) is 2.82. The van der Waals surface area contributed by atoms with Gasteiger partial charge in [0, 0.05) is 4.47 Å². The van der Waals surface area contributed by atoms with Gasteiger partial charge < -0.3 is 0 Å². The molecule has 0 nitrogen and oxygen atoms in total. The van der Waals surface area contributed by atoms with Crippen LogP contribution in [-0.2, 0) is 6.42 Å². The molecule has 0 N–H and O–H groups in total. The van der Waals surface area contributed by atoms with E-state index in [9.17, 15) is 0 Å². The quantitative estimate of drug-likeness (QED) is 0.666. The number of benzene rings is 2. The Morgan fingerprint density at radius 3 is 2.58 bits per heavy atom. The third kappa shape index (κ3) is 2.40. The van der Waals surface area contributed by atoms with Crippen molar-refractivity contribution in [2.45, 2.75) is 26.2 Å². The summed E-state index contributed by atoms with van der Waals surface area (Å²) in [6, 6.07) is 15.1. The summed E-state index contributed by atoms with van der Waals surface area (Å²) in [6.07, 6.45) is 5.91. The molecule has 0 saturated heterocycles. The van der Waals surface area contributed by atoms with Crippen molar-refractivity contribution < 1.29 is 0 Å². The zero-order valence-electron chi connectivity index (χ0n) is 11.1. The maximum Gasteiger partial charge on any atom is 0.0257 e. The van der Waals surface area contributed by atoms with Gasteiger partial charge in [0.1, 0.15) is 0 Å². The van der Waals surface area contributed by atoms with Crippen molar-refractivity contribution in [2.24, 2.45) is 0 Å². The molecule has 0 unspecified atom stereocenters. The molecule has 0 aliphatic heterocycles. The lowest BCUT2D eigenvalue weighted by Gasteiger charge is -2.11. The van der Waals surface area contributed by atoms with Crippen LogP contribution in [0.5, 0.6) is 0 Å². The fourth-order valence-electron chi connectivity index (χ4n) is 2.86. The van der Waals surface area contributed by atoms with Gasteiger partial charge in [-0.15, -0.1) is 0 Å². The van der Waals surface area contributed by atoms with Crippen molar-refractivity contribution in [3.05, 3.63) is 63.6 Å². The molecule has 19 heavy (non-hydrogen) atoms. The first kappa shape index (κ1) is 12.7. The standard InChI is InChI=1S/C18H17Br/c1-2-6-13-11-15-9-10-17(19)18(16(15)12-13)14-7-4-3-5-8-14/h3-5,7-11H,2,6,12H2,1H3. The summed E-state index contributed by atoms with van der Waals surface area (Å²) in [4.78, 5) is 0. The van der Waals surface area contributed by atoms with Gasteiger partial charge in [-0.2, -0.15) is 0 Å². The molecule has 0 fully saturated rings. The van der Waals surface area contributed by atoms with Crippen LogP contribution in [0.2, 0.25) is 0 Å². The van der Waals surface area contributed by atoms with Crippen LogP contribution in [0.4, 0.5) is 0 Å². The zero-order chi connectivity index (χ0) is 13.2. The molecule has 0 spiro atoms. The monoisotopic (exact) mass is 312 g/mol. The Hall–Kier alpha value is -1.34. The molecule has 1 aliphatic rings. The Kier molecular flexibility index (Phi) is 3.56. The molecular weight excluding hydrogens is 296 g/mol. The van der Waals surface area contributed by atoms with Crippen LogP contribution in [0, 0.1) is 0 Å². The van der Waals surface area contributed by atoms with Crippen molar-refractivity contribution in [2.75, 3.05) is 0 Å². The van der Waals surface area contributed by atoms with Gasteiger partial charge in [0.15, 0.2) is 0 Å². The molecule has 2 aromatic rings. The Morgan fingerprint density at radius 2 is 1.84 bits per heavy atom. The minimum Gasteiger partial charge on any atom is -0.0652 e. The topological polar surface area (TPSA) is 0 Å². The van der Waals surface area contributed by atoms with Gasteiger partial charge in [-0.1, -0.05) is 77.3 Å². The molecule has 0 atom stereocenters. The Morgan fingerprint density at radius 1 is 1.05 bits per heavy atom. The van der Waals surface area contributed by atoms with Crippen molar-refractivity contribution >= 4 is 22.0 Å². The van der Waals surface area contributed by atoms with Gasteiger partial charge in [0.25, 0.3) is 0 Å². The minimum absolute atomic E-state index is 1.10. The summed E-state index contributed by atoms with van der Waals surface area (Å²) < 4.78 is 1.20. The molecular formula is C18H17Br. The largest absolute Gasteiger partial charge is 0.0652 e. The van der Waals surface area contributed by atoms with E-state index in [1.807, 2.05) is 0 Å². The fourth-order valence-corrected chi connectivity index (χ4v) is 3.46. The zero-order valence-corrected chi connectivity index (χ0v) is 12.7. The molecule has 0 saturated carbocycles. The van der Waals surface area contributed by atoms with Crippen LogP contribution in [0.3, 0.4) is 0 Å². The van der Waals surface area contributed by atoms with Gasteiger partial charge in [-0.05, 0) is 41.2 Å². The highest BCUT2D eigenvalue weighted by atomic mass is 79.9. The third-order valence-electron chi connectivity index (χ3n) is 3.70. The van der Waals surface area contributed by atoms with Crippen LogP contribution in [0.15, 0.2) is 52.5 Å². The summed E-state index contributed by atoms with van der Waals surface area (Å²) in [5.74, 6) is 0. The second-order valence-corrected chi connectivity index (χ2v) is 5.94. The molecule has 0 heterocycles. The maximum absolute atomic E-state index is 3.72. The first-order valence-corrected chi connectivity index (χ1v) is 7.65. The van der Waals surface area contributed by atoms with E-state index in [-0.39, 0.29) is 0 Å². The van der Waals surface area contributed by atoms with E-state index in [0.717, 1.165) is 6.42 Å². The van der Waals surface area contributed by atoms with Gasteiger partial charge >= 0.3 is 0 Å². The predicted octanol–water partition coefficient (Wildman–Crippen LogP) is 5.86. The van der Waals surface area contributed by atoms with E-state index < -0.39 is 0 Å². The minimum atomic E-state index is 1.10. The van der Waals surface area contributed by atoms with E-state index in [1.165, 1.54) is 39.6 Å². The highest BCUT2D eigenvalue weighted by Gasteiger charge is 2.18. The lowest BCUT2D eigenvalue weighted by Crippen LogP contribution is -1.92. The van der Waals surface area contributed by atoms with Crippen LogP contribution < -0.4 is 0 Å². The number of rotatable bonds is 3. The Balaban J connectivity index is 2.09. The normalized spacial score (nSPS) is 13.3. The van der Waals surface area contributed by atoms with Gasteiger partial charge in [0.05, 0.1) is 0 Å². The first-order valence-electron chi connectivity index (χ1n) is 6.86. The van der Waals surface area contributed by atoms with Crippen LogP contribution in [-0.4, -0.2) is 0 Å². The summed E-state index contributed by atoms with van der Waals surface area (Å²) in [5, 5.41) is 0. The van der Waals surface area contributed by atoms with Crippen LogP contribution in [0.25, 0.3) is 17.2 Å². The van der Waals surface area contributed by atoms with Crippen molar-refractivity contribution in [3.8, 4) is 11.1 Å². The molecule has 2 aromatic carbocycles. The summed E-state index contributed by atoms with van der Waals surface area (Å²) in [7, 11) is 0. The maximum atomic E-state index is 3.72. The second kappa shape index (κ2) is 5.34. The molecule has 0 bridgehead atoms. The van der Waals surface area contributed by atoms with E-state index >= 15 is 0 Å². The highest BCUT2D eigenvalue weighted by Crippen LogP contribution is 2.39. The number of hydrogen-bond acceptors (Lipinski definition) is 0. The SMILES string of the molecule is CCCC1=Cc2ccc(Br)c(-c3ccccc3)c2C1. The Labute approximate surface area is 123 Å². The second-order valence-electron chi connectivity index (χ2n) is 5.09. The number of halogens is 1. The van der Waals surface area contributed by atoms with Gasteiger partial charge in [-0.3, -0.25) is 0 Å². The third-order valence-corrected chi connectivity index (χ3v) is 4.36. The Bertz CT molecular complexity index is 624. The van der Waals surface area contributed by atoms with E-state index in [4.69, 9.17) is 0 Å². The van der Waals surface area contributed by atoms with E-state index in [2.05, 4.69) is 71.4 Å².